The molecule has 2 nitrogen and oxygen atoms in total. The fourth-order valence-corrected chi connectivity index (χ4v) is 3.00. The second-order valence-corrected chi connectivity index (χ2v) is 5.03. The van der Waals surface area contributed by atoms with Gasteiger partial charge in [-0.1, -0.05) is 0 Å². The van der Waals surface area contributed by atoms with Crippen LogP contribution in [-0.4, -0.2) is 40.2 Å². The molecule has 2 rings (SSSR count). The Labute approximate surface area is 82.4 Å². The highest BCUT2D eigenvalue weighted by molar-refractivity contribution is 14.1. The Morgan fingerprint density at radius 3 is 2.00 bits per heavy atom. The monoisotopic (exact) mass is 266 g/mol. The lowest BCUT2D eigenvalue weighted by atomic mass is 9.79. The van der Waals surface area contributed by atoms with Crippen LogP contribution in [0.2, 0.25) is 0 Å². The van der Waals surface area contributed by atoms with Crippen molar-refractivity contribution in [2.75, 3.05) is 26.7 Å². The molecule has 3 heteroatoms. The largest absolute Gasteiger partial charge is 0.306 e. The van der Waals surface area contributed by atoms with Crippen molar-refractivity contribution in [1.82, 2.24) is 8.01 Å². The summed E-state index contributed by atoms with van der Waals surface area (Å²) in [5.41, 5.74) is 0.618. The van der Waals surface area contributed by atoms with Gasteiger partial charge in [0.05, 0.1) is 0 Å². The van der Waals surface area contributed by atoms with Crippen molar-refractivity contribution in [2.24, 2.45) is 0 Å². The zero-order valence-corrected chi connectivity index (χ0v) is 9.17. The van der Waals surface area contributed by atoms with Crippen molar-refractivity contribution in [3.8, 4) is 0 Å². The van der Waals surface area contributed by atoms with Crippen molar-refractivity contribution in [2.45, 2.75) is 24.8 Å². The van der Waals surface area contributed by atoms with Gasteiger partial charge in [0.15, 0.2) is 0 Å². The van der Waals surface area contributed by atoms with E-state index in [1.165, 1.54) is 38.9 Å². The minimum absolute atomic E-state index is 0.618. The second-order valence-electron chi connectivity index (χ2n) is 3.86. The van der Waals surface area contributed by atoms with Gasteiger partial charge in [-0.05, 0) is 39.4 Å². The molecule has 0 aliphatic carbocycles. The smallest absolute Gasteiger partial charge is 0.0342 e. The Hall–Kier alpha value is 0.650. The van der Waals surface area contributed by atoms with E-state index in [2.05, 4.69) is 37.9 Å². The van der Waals surface area contributed by atoms with Crippen LogP contribution in [0.4, 0.5) is 0 Å². The average Bonchev–Trinajstić information content (AvgIpc) is 2.03. The van der Waals surface area contributed by atoms with Crippen LogP contribution in [0.15, 0.2) is 0 Å². The molecular formula is C8H15IN2. The molecule has 0 atom stereocenters. The van der Waals surface area contributed by atoms with Crippen LogP contribution in [-0.2, 0) is 0 Å². The standard InChI is InChI=1S/C8H15IN2/c1-10-5-2-8(3-6-10)4-7-11(8)9/h2-7H2,1H3. The van der Waals surface area contributed by atoms with Gasteiger partial charge in [0.2, 0.25) is 0 Å². The second kappa shape index (κ2) is 2.85. The molecule has 0 radical (unpaired) electrons. The Balaban J connectivity index is 1.96. The van der Waals surface area contributed by atoms with Crippen LogP contribution in [0.25, 0.3) is 0 Å². The molecule has 11 heavy (non-hydrogen) atoms. The molecular weight excluding hydrogens is 251 g/mol. The summed E-state index contributed by atoms with van der Waals surface area (Å²) in [6, 6.07) is 0. The van der Waals surface area contributed by atoms with E-state index in [4.69, 9.17) is 0 Å². The van der Waals surface area contributed by atoms with Gasteiger partial charge in [-0.25, -0.2) is 3.11 Å². The average molecular weight is 266 g/mol. The van der Waals surface area contributed by atoms with Crippen molar-refractivity contribution in [3.63, 3.8) is 0 Å². The maximum atomic E-state index is 2.51. The van der Waals surface area contributed by atoms with Gasteiger partial charge in [-0.3, -0.25) is 0 Å². The molecule has 1 spiro atoms. The summed E-state index contributed by atoms with van der Waals surface area (Å²) < 4.78 is 2.51. The van der Waals surface area contributed by atoms with Gasteiger partial charge in [-0.2, -0.15) is 0 Å². The normalized spacial score (nSPS) is 32.2. The van der Waals surface area contributed by atoms with E-state index in [1.54, 1.807) is 0 Å². The van der Waals surface area contributed by atoms with E-state index >= 15 is 0 Å². The van der Waals surface area contributed by atoms with E-state index in [0.717, 1.165) is 0 Å². The van der Waals surface area contributed by atoms with Crippen LogP contribution in [0, 0.1) is 0 Å². The van der Waals surface area contributed by atoms with Gasteiger partial charge in [0.1, 0.15) is 0 Å². The molecule has 0 unspecified atom stereocenters. The number of hydrogen-bond acceptors (Lipinski definition) is 2. The Morgan fingerprint density at radius 2 is 1.64 bits per heavy atom. The zero-order valence-electron chi connectivity index (χ0n) is 7.02. The number of likely N-dealkylation sites (tertiary alicyclic amines) is 1. The zero-order chi connectivity index (χ0) is 7.90. The number of rotatable bonds is 0. The lowest BCUT2D eigenvalue weighted by molar-refractivity contribution is 0.0341. The van der Waals surface area contributed by atoms with Crippen LogP contribution in [0.1, 0.15) is 19.3 Å². The Bertz CT molecular complexity index is 152. The molecule has 0 aromatic heterocycles. The van der Waals surface area contributed by atoms with Crippen LogP contribution < -0.4 is 0 Å². The summed E-state index contributed by atoms with van der Waals surface area (Å²) in [6.45, 7) is 3.89. The van der Waals surface area contributed by atoms with Crippen molar-refractivity contribution in [1.29, 1.82) is 0 Å². The van der Waals surface area contributed by atoms with E-state index in [1.807, 2.05) is 0 Å². The summed E-state index contributed by atoms with van der Waals surface area (Å²) in [6.07, 6.45) is 4.20. The predicted octanol–water partition coefficient (Wildman–Crippen LogP) is 1.51. The number of hydrogen-bond donors (Lipinski definition) is 0. The van der Waals surface area contributed by atoms with E-state index in [-0.39, 0.29) is 0 Å². The molecule has 0 saturated carbocycles. The van der Waals surface area contributed by atoms with Gasteiger partial charge < -0.3 is 4.90 Å². The minimum atomic E-state index is 0.618. The van der Waals surface area contributed by atoms with E-state index in [9.17, 15) is 0 Å². The maximum Gasteiger partial charge on any atom is 0.0342 e. The molecule has 2 heterocycles. The minimum Gasteiger partial charge on any atom is -0.306 e. The van der Waals surface area contributed by atoms with Crippen molar-refractivity contribution in [3.05, 3.63) is 0 Å². The van der Waals surface area contributed by atoms with E-state index in [0.29, 0.717) is 5.54 Å². The summed E-state index contributed by atoms with van der Waals surface area (Å²) in [4.78, 5) is 2.44. The lowest BCUT2D eigenvalue weighted by Crippen LogP contribution is -2.59. The van der Waals surface area contributed by atoms with Gasteiger partial charge in [0, 0.05) is 34.9 Å². The molecule has 2 saturated heterocycles. The molecule has 0 N–H and O–H groups in total. The first-order valence-electron chi connectivity index (χ1n) is 4.35. The maximum absolute atomic E-state index is 2.51. The molecule has 0 amide bonds. The van der Waals surface area contributed by atoms with Crippen LogP contribution in [0.5, 0.6) is 0 Å². The Kier molecular flexibility index (Phi) is 2.14. The highest BCUT2D eigenvalue weighted by Crippen LogP contribution is 2.41. The molecule has 0 aromatic carbocycles. The number of halogens is 1. The van der Waals surface area contributed by atoms with Crippen LogP contribution in [0.3, 0.4) is 0 Å². The van der Waals surface area contributed by atoms with Gasteiger partial charge in [0.25, 0.3) is 0 Å². The highest BCUT2D eigenvalue weighted by atomic mass is 127. The fraction of sp³-hybridized carbons (Fsp3) is 1.00. The summed E-state index contributed by atoms with van der Waals surface area (Å²) in [5, 5.41) is 0. The first kappa shape index (κ1) is 8.26. The van der Waals surface area contributed by atoms with Gasteiger partial charge in [-0.15, -0.1) is 0 Å². The quantitative estimate of drug-likeness (QED) is 0.484. The first-order chi connectivity index (χ1) is 5.23. The molecule has 64 valence electrons. The molecule has 2 fully saturated rings. The van der Waals surface area contributed by atoms with Gasteiger partial charge >= 0.3 is 0 Å². The van der Waals surface area contributed by atoms with Crippen molar-refractivity contribution < 1.29 is 0 Å². The Morgan fingerprint density at radius 1 is 1.09 bits per heavy atom. The third-order valence-electron chi connectivity index (χ3n) is 3.21. The van der Waals surface area contributed by atoms with Crippen molar-refractivity contribution >= 4 is 22.9 Å². The fourth-order valence-electron chi connectivity index (χ4n) is 2.04. The summed E-state index contributed by atoms with van der Waals surface area (Å²) in [7, 11) is 2.23. The van der Waals surface area contributed by atoms with Crippen LogP contribution >= 0.6 is 22.9 Å². The summed E-state index contributed by atoms with van der Waals surface area (Å²) >= 11 is 2.49. The predicted molar refractivity (Wildman–Crippen MR) is 54.8 cm³/mol. The molecule has 2 aliphatic rings. The molecule has 0 bridgehead atoms. The third kappa shape index (κ3) is 1.31. The lowest BCUT2D eigenvalue weighted by Gasteiger charge is -2.53. The third-order valence-corrected chi connectivity index (χ3v) is 4.71. The van der Waals surface area contributed by atoms with E-state index < -0.39 is 0 Å². The number of nitrogens with zero attached hydrogens (tertiary/aromatic N) is 2. The molecule has 2 aliphatic heterocycles. The first-order valence-corrected chi connectivity index (χ1v) is 5.31. The SMILES string of the molecule is CN1CCC2(CC1)CCN2I. The number of piperidine rings is 1. The molecule has 0 aromatic rings. The topological polar surface area (TPSA) is 6.48 Å². The summed E-state index contributed by atoms with van der Waals surface area (Å²) in [5.74, 6) is 0. The highest BCUT2D eigenvalue weighted by Gasteiger charge is 2.44.